The van der Waals surface area contributed by atoms with Crippen LogP contribution in [0.3, 0.4) is 0 Å². The van der Waals surface area contributed by atoms with Crippen molar-refractivity contribution in [2.75, 3.05) is 44.6 Å². The van der Waals surface area contributed by atoms with E-state index in [2.05, 4.69) is 27.6 Å². The fourth-order valence-corrected chi connectivity index (χ4v) is 4.68. The number of nitrogens with one attached hydrogen (secondary N) is 2. The first kappa shape index (κ1) is 32.9. The first-order valence-electron chi connectivity index (χ1n) is 13.7. The molecule has 1 aliphatic heterocycles. The summed E-state index contributed by atoms with van der Waals surface area (Å²) in [5.74, 6) is -1.89. The minimum Gasteiger partial charge on any atom is -0.504 e. The first-order valence-corrected chi connectivity index (χ1v) is 13.7. The Morgan fingerprint density at radius 2 is 1.74 bits per heavy atom. The van der Waals surface area contributed by atoms with Crippen LogP contribution in [0.5, 0.6) is 5.75 Å². The molecule has 1 aromatic carbocycles. The number of allylic oxidation sites excluding steroid dienone is 1. The maximum absolute atomic E-state index is 13.8. The van der Waals surface area contributed by atoms with Gasteiger partial charge in [-0.25, -0.2) is 5.01 Å². The number of hydrogen-bond donors (Lipinski definition) is 3. The third-order valence-corrected chi connectivity index (χ3v) is 7.15. The van der Waals surface area contributed by atoms with Crippen molar-refractivity contribution in [1.29, 1.82) is 0 Å². The van der Waals surface area contributed by atoms with E-state index in [1.165, 1.54) is 11.6 Å². The average molecular weight is 607 g/mol. The summed E-state index contributed by atoms with van der Waals surface area (Å²) in [6.45, 7) is 11.3. The van der Waals surface area contributed by atoms with E-state index in [9.17, 15) is 32.7 Å². The fourth-order valence-electron chi connectivity index (χ4n) is 4.68. The lowest BCUT2D eigenvalue weighted by atomic mass is 10.1. The largest absolute Gasteiger partial charge is 0.504 e. The second-order valence-corrected chi connectivity index (χ2v) is 9.98. The van der Waals surface area contributed by atoms with Crippen molar-refractivity contribution < 1.29 is 32.7 Å². The van der Waals surface area contributed by atoms with E-state index in [0.29, 0.717) is 24.4 Å². The molecule has 0 unspecified atom stereocenters. The van der Waals surface area contributed by atoms with Gasteiger partial charge in [0.05, 0.1) is 11.3 Å². The molecular formula is C28H37F3N8O4. The Hall–Kier alpha value is -4.56. The van der Waals surface area contributed by atoms with E-state index in [1.54, 1.807) is 23.8 Å². The highest BCUT2D eigenvalue weighted by molar-refractivity contribution is 5.99. The molecule has 3 amide bonds. The van der Waals surface area contributed by atoms with Gasteiger partial charge in [-0.1, -0.05) is 6.92 Å². The van der Waals surface area contributed by atoms with Crippen molar-refractivity contribution in [3.8, 4) is 5.75 Å². The van der Waals surface area contributed by atoms with E-state index >= 15 is 0 Å². The Balaban J connectivity index is 1.77. The second-order valence-electron chi connectivity index (χ2n) is 9.98. The zero-order valence-electron chi connectivity index (χ0n) is 24.9. The molecule has 234 valence electrons. The van der Waals surface area contributed by atoms with Crippen molar-refractivity contribution >= 4 is 30.1 Å². The molecule has 0 spiro atoms. The molecule has 0 bridgehead atoms. The minimum atomic E-state index is -4.52. The molecule has 2 heterocycles. The molecule has 0 saturated carbocycles. The quantitative estimate of drug-likeness (QED) is 0.215. The van der Waals surface area contributed by atoms with E-state index in [4.69, 9.17) is 0 Å². The molecule has 2 aromatic rings. The van der Waals surface area contributed by atoms with Crippen molar-refractivity contribution in [3.63, 3.8) is 0 Å². The van der Waals surface area contributed by atoms with Gasteiger partial charge in [0, 0.05) is 57.9 Å². The molecule has 0 aliphatic carbocycles. The maximum Gasteiger partial charge on any atom is 0.416 e. The predicted octanol–water partition coefficient (Wildman–Crippen LogP) is 2.83. The van der Waals surface area contributed by atoms with Crippen LogP contribution < -0.4 is 10.6 Å². The summed E-state index contributed by atoms with van der Waals surface area (Å²) in [6, 6.07) is 2.95. The Morgan fingerprint density at radius 3 is 2.23 bits per heavy atom. The third-order valence-electron chi connectivity index (χ3n) is 7.15. The van der Waals surface area contributed by atoms with Crippen LogP contribution in [0.1, 0.15) is 47.6 Å². The summed E-state index contributed by atoms with van der Waals surface area (Å²) in [5.41, 5.74) is 0.824. The number of amides is 3. The summed E-state index contributed by atoms with van der Waals surface area (Å²) in [7, 11) is 1.63. The third kappa shape index (κ3) is 7.45. The van der Waals surface area contributed by atoms with E-state index in [-0.39, 0.29) is 54.6 Å². The molecule has 43 heavy (non-hydrogen) atoms. The molecule has 1 aromatic heterocycles. The molecule has 3 rings (SSSR count). The van der Waals surface area contributed by atoms with Gasteiger partial charge in [0.1, 0.15) is 12.2 Å². The molecule has 12 nitrogen and oxygen atoms in total. The van der Waals surface area contributed by atoms with E-state index in [1.807, 2.05) is 13.8 Å². The number of rotatable bonds is 10. The molecule has 0 atom stereocenters. The molecule has 1 aliphatic rings. The number of nitrogens with zero attached hydrogens (tertiary/aromatic N) is 6. The zero-order chi connectivity index (χ0) is 32.1. The van der Waals surface area contributed by atoms with Crippen molar-refractivity contribution in [2.24, 2.45) is 12.1 Å². The normalized spacial score (nSPS) is 14.2. The average Bonchev–Trinajstić information content (AvgIpc) is 3.22. The van der Waals surface area contributed by atoms with Gasteiger partial charge >= 0.3 is 6.18 Å². The van der Waals surface area contributed by atoms with Gasteiger partial charge < -0.3 is 25.5 Å². The SMILES string of the molecule is C=NN(CC(=O)Nc1ccc(C(F)(F)F)cc1C)C(=O)/C(=C(/CC)NCC)N1CCN(C(=O)c2nn(C)c(C)c2O)CC1. The van der Waals surface area contributed by atoms with Gasteiger partial charge in [-0.2, -0.15) is 23.4 Å². The van der Waals surface area contributed by atoms with E-state index in [0.717, 1.165) is 23.2 Å². The number of carbonyl (C=O) groups excluding carboxylic acids is 3. The van der Waals surface area contributed by atoms with Gasteiger partial charge in [0.25, 0.3) is 11.8 Å². The van der Waals surface area contributed by atoms with Crippen molar-refractivity contribution in [1.82, 2.24) is 29.9 Å². The lowest BCUT2D eigenvalue weighted by Crippen LogP contribution is -2.51. The number of benzene rings is 1. The van der Waals surface area contributed by atoms with Gasteiger partial charge in [0.2, 0.25) is 5.91 Å². The highest BCUT2D eigenvalue weighted by Gasteiger charge is 2.33. The van der Waals surface area contributed by atoms with Crippen LogP contribution in [0, 0.1) is 13.8 Å². The molecule has 0 radical (unpaired) electrons. The standard InChI is InChI=1S/C28H37F3N8O4/c1-7-20(33-8-2)24(37-11-13-38(14-12-37)26(42)23-25(41)18(4)36(6)35-23)27(43)39(32-5)16-22(40)34-21-10-9-19(15-17(21)3)28(29,30)31/h9-10,15,33,41H,5,7-8,11-14,16H2,1-4,6H3,(H,34,40)/b24-20+. The Bertz CT molecular complexity index is 1410. The molecule has 1 fully saturated rings. The number of alkyl halides is 3. The van der Waals surface area contributed by atoms with Crippen LogP contribution in [-0.2, 0) is 22.8 Å². The smallest absolute Gasteiger partial charge is 0.416 e. The minimum absolute atomic E-state index is 0.0430. The van der Waals surface area contributed by atoms with Crippen LogP contribution >= 0.6 is 0 Å². The topological polar surface area (TPSA) is 135 Å². The van der Waals surface area contributed by atoms with Crippen molar-refractivity contribution in [3.05, 3.63) is 52.1 Å². The summed E-state index contributed by atoms with van der Waals surface area (Å²) in [6.07, 6.45) is -4.06. The lowest BCUT2D eigenvalue weighted by molar-refractivity contribution is -0.137. The first-order chi connectivity index (χ1) is 20.2. The second kappa shape index (κ2) is 13.6. The molecular weight excluding hydrogens is 569 g/mol. The van der Waals surface area contributed by atoms with Crippen LogP contribution in [0.15, 0.2) is 34.7 Å². The summed E-state index contributed by atoms with van der Waals surface area (Å²) in [5, 5.41) is 24.8. The van der Waals surface area contributed by atoms with Crippen LogP contribution in [0.25, 0.3) is 0 Å². The Morgan fingerprint density at radius 1 is 1.12 bits per heavy atom. The number of halogens is 3. The molecule has 3 N–H and O–H groups in total. The molecule has 1 saturated heterocycles. The maximum atomic E-state index is 13.8. The van der Waals surface area contributed by atoms with E-state index < -0.39 is 36.0 Å². The number of aryl methyl sites for hydroxylation is 2. The number of hydrogen-bond acceptors (Lipinski definition) is 8. The van der Waals surface area contributed by atoms with Gasteiger partial charge in [-0.05, 0) is 51.0 Å². The lowest BCUT2D eigenvalue weighted by Gasteiger charge is -2.38. The zero-order valence-corrected chi connectivity index (χ0v) is 24.9. The van der Waals surface area contributed by atoms with Gasteiger partial charge in [-0.3, -0.25) is 19.1 Å². The van der Waals surface area contributed by atoms with Crippen LogP contribution in [0.2, 0.25) is 0 Å². The number of anilines is 1. The van der Waals surface area contributed by atoms with Crippen LogP contribution in [0.4, 0.5) is 18.9 Å². The fraction of sp³-hybridized carbons (Fsp3) is 0.464. The van der Waals surface area contributed by atoms with Gasteiger partial charge in [0.15, 0.2) is 11.4 Å². The van der Waals surface area contributed by atoms with Gasteiger partial charge in [-0.15, -0.1) is 0 Å². The van der Waals surface area contributed by atoms with Crippen molar-refractivity contribution in [2.45, 2.75) is 40.3 Å². The summed E-state index contributed by atoms with van der Waals surface area (Å²) < 4.78 is 40.5. The number of aromatic hydroxyl groups is 1. The Kier molecular flexibility index (Phi) is 10.4. The summed E-state index contributed by atoms with van der Waals surface area (Å²) >= 11 is 0. The summed E-state index contributed by atoms with van der Waals surface area (Å²) in [4.78, 5) is 43.1. The Labute approximate surface area is 247 Å². The highest BCUT2D eigenvalue weighted by Crippen LogP contribution is 2.31. The number of piperazine rings is 1. The predicted molar refractivity (Wildman–Crippen MR) is 154 cm³/mol. The number of aromatic nitrogens is 2. The van der Waals surface area contributed by atoms with Crippen LogP contribution in [-0.4, -0.2) is 93.4 Å². The monoisotopic (exact) mass is 606 g/mol. The number of carbonyl (C=O) groups is 3. The molecule has 15 heteroatoms. The highest BCUT2D eigenvalue weighted by atomic mass is 19.4. The number of hydrazone groups is 1.